The number of ether oxygens (including phenoxy) is 1. The molecule has 0 saturated heterocycles. The molecule has 1 aliphatic rings. The molecule has 0 radical (unpaired) electrons. The fourth-order valence-electron chi connectivity index (χ4n) is 1.87. The quantitative estimate of drug-likeness (QED) is 0.789. The number of aliphatic hydroxyl groups excluding tert-OH is 1. The maximum Gasteiger partial charge on any atom is 0.337 e. The SMILES string of the molecule is O=C(O)C(OCCO)c1cccc(C2CC2)c1. The van der Waals surface area contributed by atoms with Crippen molar-refractivity contribution >= 4 is 5.97 Å². The molecule has 2 N–H and O–H groups in total. The molecule has 2 rings (SSSR count). The van der Waals surface area contributed by atoms with Gasteiger partial charge in [0.2, 0.25) is 0 Å². The van der Waals surface area contributed by atoms with E-state index in [0.29, 0.717) is 11.5 Å². The van der Waals surface area contributed by atoms with Gasteiger partial charge in [0, 0.05) is 0 Å². The van der Waals surface area contributed by atoms with E-state index in [-0.39, 0.29) is 13.2 Å². The zero-order chi connectivity index (χ0) is 12.3. The van der Waals surface area contributed by atoms with Gasteiger partial charge in [-0.05, 0) is 29.9 Å². The van der Waals surface area contributed by atoms with Crippen molar-refractivity contribution in [3.63, 3.8) is 0 Å². The smallest absolute Gasteiger partial charge is 0.337 e. The lowest BCUT2D eigenvalue weighted by Crippen LogP contribution is -2.17. The molecule has 0 spiro atoms. The van der Waals surface area contributed by atoms with Crippen LogP contribution in [0.4, 0.5) is 0 Å². The molecule has 1 atom stereocenters. The molecule has 1 saturated carbocycles. The third-order valence-corrected chi connectivity index (χ3v) is 2.86. The third-order valence-electron chi connectivity index (χ3n) is 2.86. The highest BCUT2D eigenvalue weighted by Gasteiger charge is 2.26. The zero-order valence-corrected chi connectivity index (χ0v) is 9.50. The maximum atomic E-state index is 11.1. The summed E-state index contributed by atoms with van der Waals surface area (Å²) in [5.74, 6) is -0.436. The summed E-state index contributed by atoms with van der Waals surface area (Å²) in [6.45, 7) is -0.142. The van der Waals surface area contributed by atoms with Gasteiger partial charge in [-0.15, -0.1) is 0 Å². The molecule has 0 amide bonds. The predicted molar refractivity (Wildman–Crippen MR) is 61.8 cm³/mol. The molecule has 0 heterocycles. The van der Waals surface area contributed by atoms with Crippen molar-refractivity contribution in [2.45, 2.75) is 24.9 Å². The van der Waals surface area contributed by atoms with Crippen LogP contribution >= 0.6 is 0 Å². The Labute approximate surface area is 99.8 Å². The van der Waals surface area contributed by atoms with Gasteiger partial charge >= 0.3 is 5.97 Å². The number of carboxylic acid groups (broad SMARTS) is 1. The summed E-state index contributed by atoms with van der Waals surface area (Å²) in [4.78, 5) is 11.1. The average Bonchev–Trinajstić information content (AvgIpc) is 3.13. The number of aliphatic carboxylic acids is 1. The molecule has 17 heavy (non-hydrogen) atoms. The van der Waals surface area contributed by atoms with Crippen LogP contribution in [0.2, 0.25) is 0 Å². The minimum atomic E-state index is -1.02. The van der Waals surface area contributed by atoms with Crippen molar-refractivity contribution in [3.05, 3.63) is 35.4 Å². The van der Waals surface area contributed by atoms with E-state index in [2.05, 4.69) is 0 Å². The summed E-state index contributed by atoms with van der Waals surface area (Å²) in [7, 11) is 0. The van der Waals surface area contributed by atoms with Crippen molar-refractivity contribution in [2.24, 2.45) is 0 Å². The first-order valence-corrected chi connectivity index (χ1v) is 5.77. The summed E-state index contributed by atoms with van der Waals surface area (Å²) in [6.07, 6.45) is 1.37. The van der Waals surface area contributed by atoms with Gasteiger partial charge in [-0.3, -0.25) is 0 Å². The van der Waals surface area contributed by atoms with Crippen LogP contribution in [0, 0.1) is 0 Å². The summed E-state index contributed by atoms with van der Waals surface area (Å²) in [5, 5.41) is 17.8. The van der Waals surface area contributed by atoms with Crippen LogP contribution in [0.3, 0.4) is 0 Å². The Bertz CT molecular complexity index is 398. The van der Waals surface area contributed by atoms with Gasteiger partial charge in [-0.2, -0.15) is 0 Å². The van der Waals surface area contributed by atoms with Crippen LogP contribution in [0.5, 0.6) is 0 Å². The Morgan fingerprint density at radius 2 is 2.24 bits per heavy atom. The second kappa shape index (κ2) is 5.29. The van der Waals surface area contributed by atoms with E-state index in [9.17, 15) is 4.79 Å². The summed E-state index contributed by atoms with van der Waals surface area (Å²) < 4.78 is 5.14. The van der Waals surface area contributed by atoms with Crippen LogP contribution in [0.25, 0.3) is 0 Å². The van der Waals surface area contributed by atoms with Gasteiger partial charge in [-0.25, -0.2) is 4.79 Å². The topological polar surface area (TPSA) is 66.8 Å². The van der Waals surface area contributed by atoms with Gasteiger partial charge in [0.15, 0.2) is 6.10 Å². The molecule has 92 valence electrons. The summed E-state index contributed by atoms with van der Waals surface area (Å²) >= 11 is 0. The number of aliphatic hydroxyl groups is 1. The molecular formula is C13H16O4. The van der Waals surface area contributed by atoms with Crippen LogP contribution < -0.4 is 0 Å². The van der Waals surface area contributed by atoms with Gasteiger partial charge in [0.25, 0.3) is 0 Å². The molecule has 0 bridgehead atoms. The lowest BCUT2D eigenvalue weighted by molar-refractivity contribution is -0.151. The molecule has 1 aromatic rings. The number of hydrogen-bond donors (Lipinski definition) is 2. The van der Waals surface area contributed by atoms with Crippen LogP contribution in [-0.4, -0.2) is 29.4 Å². The van der Waals surface area contributed by atoms with Gasteiger partial charge in [-0.1, -0.05) is 24.3 Å². The van der Waals surface area contributed by atoms with Crippen molar-refractivity contribution in [3.8, 4) is 0 Å². The standard InChI is InChI=1S/C13H16O4/c14-6-7-17-12(13(15)16)11-3-1-2-10(8-11)9-4-5-9/h1-3,8-9,12,14H,4-7H2,(H,15,16). The monoisotopic (exact) mass is 236 g/mol. The van der Waals surface area contributed by atoms with E-state index in [1.165, 1.54) is 18.4 Å². The highest BCUT2D eigenvalue weighted by atomic mass is 16.5. The normalized spacial score (nSPS) is 16.8. The number of carboxylic acids is 1. The Kier molecular flexibility index (Phi) is 3.76. The fraction of sp³-hybridized carbons (Fsp3) is 0.462. The van der Waals surface area contributed by atoms with E-state index in [1.807, 2.05) is 18.2 Å². The largest absolute Gasteiger partial charge is 0.479 e. The minimum Gasteiger partial charge on any atom is -0.479 e. The Morgan fingerprint density at radius 3 is 2.82 bits per heavy atom. The third kappa shape index (κ3) is 3.05. The van der Waals surface area contributed by atoms with Crippen LogP contribution in [0.1, 0.15) is 36.0 Å². The van der Waals surface area contributed by atoms with E-state index in [4.69, 9.17) is 14.9 Å². The van der Waals surface area contributed by atoms with E-state index < -0.39 is 12.1 Å². The Hall–Kier alpha value is -1.39. The molecule has 1 aliphatic carbocycles. The summed E-state index contributed by atoms with van der Waals surface area (Å²) in [6, 6.07) is 7.53. The lowest BCUT2D eigenvalue weighted by Gasteiger charge is -2.14. The van der Waals surface area contributed by atoms with Crippen molar-refractivity contribution in [1.82, 2.24) is 0 Å². The highest BCUT2D eigenvalue weighted by Crippen LogP contribution is 2.40. The first kappa shape index (κ1) is 12.1. The first-order valence-electron chi connectivity index (χ1n) is 5.77. The number of rotatable bonds is 6. The van der Waals surface area contributed by atoms with E-state index in [0.717, 1.165) is 0 Å². The number of carbonyl (C=O) groups is 1. The van der Waals surface area contributed by atoms with E-state index in [1.54, 1.807) is 6.07 Å². The molecule has 0 aliphatic heterocycles. The number of hydrogen-bond acceptors (Lipinski definition) is 3. The van der Waals surface area contributed by atoms with Gasteiger partial charge < -0.3 is 14.9 Å². The second-order valence-corrected chi connectivity index (χ2v) is 4.26. The van der Waals surface area contributed by atoms with Crippen molar-refractivity contribution in [1.29, 1.82) is 0 Å². The maximum absolute atomic E-state index is 11.1. The molecule has 4 heteroatoms. The molecule has 1 aromatic carbocycles. The fourth-order valence-corrected chi connectivity index (χ4v) is 1.87. The Morgan fingerprint density at radius 1 is 1.47 bits per heavy atom. The van der Waals surface area contributed by atoms with E-state index >= 15 is 0 Å². The van der Waals surface area contributed by atoms with Gasteiger partial charge in [0.05, 0.1) is 13.2 Å². The zero-order valence-electron chi connectivity index (χ0n) is 9.50. The van der Waals surface area contributed by atoms with Gasteiger partial charge in [0.1, 0.15) is 0 Å². The highest BCUT2D eigenvalue weighted by molar-refractivity contribution is 5.74. The average molecular weight is 236 g/mol. The molecule has 4 nitrogen and oxygen atoms in total. The number of benzene rings is 1. The molecule has 1 fully saturated rings. The molecule has 0 aromatic heterocycles. The second-order valence-electron chi connectivity index (χ2n) is 4.26. The predicted octanol–water partition coefficient (Wildman–Crippen LogP) is 1.70. The minimum absolute atomic E-state index is 0.0324. The van der Waals surface area contributed by atoms with Crippen LogP contribution in [0.15, 0.2) is 24.3 Å². The summed E-state index contributed by atoms with van der Waals surface area (Å²) in [5.41, 5.74) is 1.83. The first-order chi connectivity index (χ1) is 8.22. The lowest BCUT2D eigenvalue weighted by atomic mass is 10.0. The molecule has 1 unspecified atom stereocenters. The Balaban J connectivity index is 2.16. The van der Waals surface area contributed by atoms with Crippen LogP contribution in [-0.2, 0) is 9.53 Å². The molecular weight excluding hydrogens is 220 g/mol. The van der Waals surface area contributed by atoms with Crippen molar-refractivity contribution < 1.29 is 19.7 Å². The van der Waals surface area contributed by atoms with Crippen molar-refractivity contribution in [2.75, 3.05) is 13.2 Å².